The predicted molar refractivity (Wildman–Crippen MR) is 106 cm³/mol. The number of tetrazole rings is 1. The summed E-state index contributed by atoms with van der Waals surface area (Å²) in [6.07, 6.45) is 4.93. The van der Waals surface area contributed by atoms with Gasteiger partial charge in [-0.1, -0.05) is 24.6 Å². The molecule has 2 aromatic heterocycles. The van der Waals surface area contributed by atoms with E-state index in [1.807, 2.05) is 21.7 Å². The van der Waals surface area contributed by atoms with Crippen molar-refractivity contribution in [2.45, 2.75) is 43.3 Å². The lowest BCUT2D eigenvalue weighted by Crippen LogP contribution is -2.41. The minimum atomic E-state index is 0.0426. The highest BCUT2D eigenvalue weighted by Gasteiger charge is 2.23. The summed E-state index contributed by atoms with van der Waals surface area (Å²) in [6.45, 7) is 2.47. The van der Waals surface area contributed by atoms with Gasteiger partial charge in [0.1, 0.15) is 0 Å². The number of ketones is 1. The average molecular weight is 422 g/mol. The van der Waals surface area contributed by atoms with Crippen LogP contribution < -0.4 is 0 Å². The summed E-state index contributed by atoms with van der Waals surface area (Å²) in [5.41, 5.74) is 0. The van der Waals surface area contributed by atoms with Crippen molar-refractivity contribution < 1.29 is 14.3 Å². The van der Waals surface area contributed by atoms with Crippen LogP contribution in [-0.2, 0) is 16.0 Å². The van der Waals surface area contributed by atoms with Gasteiger partial charge in [0.05, 0.1) is 36.3 Å². The topological polar surface area (TPSA) is 90.2 Å². The fourth-order valence-electron chi connectivity index (χ4n) is 3.56. The molecule has 150 valence electrons. The summed E-state index contributed by atoms with van der Waals surface area (Å²) >= 11 is 2.78. The van der Waals surface area contributed by atoms with Gasteiger partial charge in [-0.05, 0) is 35.4 Å². The van der Waals surface area contributed by atoms with Gasteiger partial charge in [0, 0.05) is 18.0 Å². The highest BCUT2D eigenvalue weighted by molar-refractivity contribution is 7.99. The molecule has 0 unspecified atom stereocenters. The number of nitrogens with zero attached hydrogens (tertiary/aromatic N) is 5. The van der Waals surface area contributed by atoms with E-state index in [1.54, 1.807) is 0 Å². The van der Waals surface area contributed by atoms with E-state index in [0.29, 0.717) is 54.6 Å². The Morgan fingerprint density at radius 3 is 2.79 bits per heavy atom. The number of hydrogen-bond acceptors (Lipinski definition) is 8. The third-order valence-corrected chi connectivity index (χ3v) is 7.15. The third kappa shape index (κ3) is 4.61. The number of morpholine rings is 1. The summed E-state index contributed by atoms with van der Waals surface area (Å²) in [7, 11) is 0. The summed E-state index contributed by atoms with van der Waals surface area (Å²) < 4.78 is 7.15. The van der Waals surface area contributed by atoms with Crippen molar-refractivity contribution in [1.82, 2.24) is 25.1 Å². The number of thioether (sulfide) groups is 1. The lowest BCUT2D eigenvalue weighted by molar-refractivity contribution is -0.134. The van der Waals surface area contributed by atoms with Crippen molar-refractivity contribution in [1.29, 1.82) is 0 Å². The maximum Gasteiger partial charge on any atom is 0.227 e. The van der Waals surface area contributed by atoms with Crippen molar-refractivity contribution in [2.75, 3.05) is 32.1 Å². The molecule has 8 nitrogen and oxygen atoms in total. The first-order chi connectivity index (χ1) is 13.7. The van der Waals surface area contributed by atoms with Crippen LogP contribution in [-0.4, -0.2) is 68.9 Å². The molecular formula is C18H23N5O3S2. The van der Waals surface area contributed by atoms with Crippen LogP contribution in [0, 0.1) is 0 Å². The van der Waals surface area contributed by atoms with Crippen LogP contribution in [0.5, 0.6) is 0 Å². The zero-order valence-electron chi connectivity index (χ0n) is 15.6. The summed E-state index contributed by atoms with van der Waals surface area (Å²) in [5, 5.41) is 12.7. The van der Waals surface area contributed by atoms with E-state index >= 15 is 0 Å². The van der Waals surface area contributed by atoms with Crippen LogP contribution in [0.2, 0.25) is 0 Å². The zero-order chi connectivity index (χ0) is 19.3. The van der Waals surface area contributed by atoms with Crippen LogP contribution in [0.1, 0.15) is 46.3 Å². The van der Waals surface area contributed by atoms with Crippen molar-refractivity contribution in [3.8, 4) is 0 Å². The summed E-state index contributed by atoms with van der Waals surface area (Å²) in [4.78, 5) is 28.3. The average Bonchev–Trinajstić information content (AvgIpc) is 3.47. The number of thiophene rings is 1. The lowest BCUT2D eigenvalue weighted by Gasteiger charge is -2.26. The van der Waals surface area contributed by atoms with E-state index in [0.717, 1.165) is 17.7 Å². The van der Waals surface area contributed by atoms with Crippen molar-refractivity contribution in [2.24, 2.45) is 0 Å². The molecule has 1 amide bonds. The van der Waals surface area contributed by atoms with Crippen molar-refractivity contribution >= 4 is 34.8 Å². The van der Waals surface area contributed by atoms with E-state index in [1.165, 1.54) is 35.9 Å². The molecule has 0 bridgehead atoms. The molecule has 1 aliphatic carbocycles. The number of rotatable bonds is 7. The highest BCUT2D eigenvalue weighted by Crippen LogP contribution is 2.31. The number of hydrogen-bond donors (Lipinski definition) is 0. The zero-order valence-corrected chi connectivity index (χ0v) is 17.2. The van der Waals surface area contributed by atoms with E-state index < -0.39 is 0 Å². The number of carbonyl (C=O) groups excluding carboxylic acids is 2. The fraction of sp³-hybridized carbons (Fsp3) is 0.611. The molecule has 4 rings (SSSR count). The Kier molecular flexibility index (Phi) is 6.38. The van der Waals surface area contributed by atoms with Gasteiger partial charge in [0.25, 0.3) is 0 Å². The molecular weight excluding hydrogens is 398 g/mol. The fourth-order valence-corrected chi connectivity index (χ4v) is 5.41. The molecule has 0 spiro atoms. The van der Waals surface area contributed by atoms with E-state index in [9.17, 15) is 9.59 Å². The van der Waals surface area contributed by atoms with E-state index in [-0.39, 0.29) is 11.7 Å². The van der Waals surface area contributed by atoms with Crippen LogP contribution in [0.15, 0.2) is 17.3 Å². The van der Waals surface area contributed by atoms with Gasteiger partial charge in [0.15, 0.2) is 5.78 Å². The molecule has 2 fully saturated rings. The highest BCUT2D eigenvalue weighted by atomic mass is 32.2. The maximum atomic E-state index is 12.6. The molecule has 1 aliphatic heterocycles. The molecule has 0 radical (unpaired) electrons. The second-order valence-electron chi connectivity index (χ2n) is 6.99. The molecule has 10 heteroatoms. The lowest BCUT2D eigenvalue weighted by atomic mass is 10.3. The van der Waals surface area contributed by atoms with Crippen LogP contribution in [0.3, 0.4) is 0 Å². The van der Waals surface area contributed by atoms with Crippen molar-refractivity contribution in [3.63, 3.8) is 0 Å². The molecule has 3 heterocycles. The third-order valence-electron chi connectivity index (χ3n) is 5.09. The molecule has 2 aromatic rings. The number of amides is 1. The Labute approximate surface area is 171 Å². The molecule has 0 aromatic carbocycles. The van der Waals surface area contributed by atoms with Crippen molar-refractivity contribution in [3.05, 3.63) is 21.9 Å². The van der Waals surface area contributed by atoms with Gasteiger partial charge in [0.2, 0.25) is 11.1 Å². The Morgan fingerprint density at radius 2 is 2.00 bits per heavy atom. The minimum Gasteiger partial charge on any atom is -0.378 e. The first-order valence-corrected chi connectivity index (χ1v) is 11.4. The number of aromatic nitrogens is 4. The number of Topliss-reactive ketones (excluding diaryl/α,β-unsaturated/α-hetero) is 1. The Bertz CT molecular complexity index is 825. The predicted octanol–water partition coefficient (Wildman–Crippen LogP) is 2.23. The number of carbonyl (C=O) groups is 2. The molecule has 0 N–H and O–H groups in total. The van der Waals surface area contributed by atoms with Gasteiger partial charge in [-0.3, -0.25) is 9.59 Å². The maximum absolute atomic E-state index is 12.6. The molecule has 28 heavy (non-hydrogen) atoms. The van der Waals surface area contributed by atoms with Gasteiger partial charge in [-0.15, -0.1) is 16.4 Å². The van der Waals surface area contributed by atoms with Crippen LogP contribution in [0.25, 0.3) is 0 Å². The molecule has 0 atom stereocenters. The Hall–Kier alpha value is -1.78. The monoisotopic (exact) mass is 421 g/mol. The largest absolute Gasteiger partial charge is 0.378 e. The summed E-state index contributed by atoms with van der Waals surface area (Å²) in [6, 6.07) is 4.05. The van der Waals surface area contributed by atoms with Crippen LogP contribution in [0.4, 0.5) is 0 Å². The Balaban J connectivity index is 1.31. The smallest absolute Gasteiger partial charge is 0.227 e. The first kappa shape index (κ1) is 19.5. The number of ether oxygens (including phenoxy) is 1. The minimum absolute atomic E-state index is 0.0426. The normalized spacial score (nSPS) is 17.9. The quantitative estimate of drug-likeness (QED) is 0.500. The second kappa shape index (κ2) is 9.15. The molecule has 1 saturated carbocycles. The SMILES string of the molecule is O=C(CSc1nnnn1C1CCCC1)c1ccc(CC(=O)N2CCOCC2)s1. The van der Waals surface area contributed by atoms with E-state index in [2.05, 4.69) is 15.5 Å². The van der Waals surface area contributed by atoms with Gasteiger partial charge in [-0.25, -0.2) is 4.68 Å². The summed E-state index contributed by atoms with van der Waals surface area (Å²) in [5.74, 6) is 0.431. The van der Waals surface area contributed by atoms with Gasteiger partial charge < -0.3 is 9.64 Å². The second-order valence-corrected chi connectivity index (χ2v) is 9.10. The van der Waals surface area contributed by atoms with E-state index in [4.69, 9.17) is 4.74 Å². The van der Waals surface area contributed by atoms with Gasteiger partial charge in [-0.2, -0.15) is 0 Å². The Morgan fingerprint density at radius 1 is 1.21 bits per heavy atom. The standard InChI is InChI=1S/C18H23N5O3S2/c24-15(12-27-18-19-20-21-23(18)13-3-1-2-4-13)16-6-5-14(28-16)11-17(25)22-7-9-26-10-8-22/h5-6,13H,1-4,7-12H2. The molecule has 1 saturated heterocycles. The molecule has 2 aliphatic rings. The van der Waals surface area contributed by atoms with Crippen LogP contribution >= 0.6 is 23.1 Å². The van der Waals surface area contributed by atoms with Gasteiger partial charge >= 0.3 is 0 Å². The first-order valence-electron chi connectivity index (χ1n) is 9.59.